The highest BCUT2D eigenvalue weighted by atomic mass is 16.7. The molecule has 0 saturated carbocycles. The first-order chi connectivity index (χ1) is 16.1. The van der Waals surface area contributed by atoms with Gasteiger partial charge in [-0.3, -0.25) is 9.59 Å². The van der Waals surface area contributed by atoms with Gasteiger partial charge in [-0.15, -0.1) is 0 Å². The number of methoxy groups -OCH3 is 2. The highest BCUT2D eigenvalue weighted by Gasteiger charge is 2.30. The molecule has 33 heavy (non-hydrogen) atoms. The minimum atomic E-state index is -0.299. The van der Waals surface area contributed by atoms with Crippen molar-refractivity contribution in [3.8, 4) is 23.0 Å². The molecule has 2 N–H and O–H groups in total. The van der Waals surface area contributed by atoms with Crippen LogP contribution in [-0.2, 0) is 4.79 Å². The smallest absolute Gasteiger partial charge is 0.259 e. The topological polar surface area (TPSA) is 95.1 Å². The molecule has 0 spiro atoms. The monoisotopic (exact) mass is 446 g/mol. The number of fused-ring (bicyclic) bond motifs is 2. The van der Waals surface area contributed by atoms with Crippen molar-refractivity contribution in [2.24, 2.45) is 0 Å². The second-order valence-electron chi connectivity index (χ2n) is 7.72. The van der Waals surface area contributed by atoms with Gasteiger partial charge >= 0.3 is 0 Å². The van der Waals surface area contributed by atoms with Crippen LogP contribution in [-0.4, -0.2) is 32.8 Å². The van der Waals surface area contributed by atoms with Crippen molar-refractivity contribution < 1.29 is 28.5 Å². The first-order valence-electron chi connectivity index (χ1n) is 10.4. The summed E-state index contributed by atoms with van der Waals surface area (Å²) in [6.45, 7) is 0.131. The van der Waals surface area contributed by atoms with E-state index in [0.29, 0.717) is 39.9 Å². The van der Waals surface area contributed by atoms with E-state index in [0.717, 1.165) is 11.1 Å². The Labute approximate surface area is 190 Å². The lowest BCUT2D eigenvalue weighted by molar-refractivity contribution is -0.116. The Kier molecular flexibility index (Phi) is 5.26. The summed E-state index contributed by atoms with van der Waals surface area (Å²) in [7, 11) is 3.09. The number of rotatable bonds is 5. The fraction of sp³-hybridized carbons (Fsp3) is 0.200. The fourth-order valence-electron chi connectivity index (χ4n) is 4.22. The largest absolute Gasteiger partial charge is 0.496 e. The average Bonchev–Trinajstić information content (AvgIpc) is 3.31. The van der Waals surface area contributed by atoms with Crippen LogP contribution in [0.3, 0.4) is 0 Å². The van der Waals surface area contributed by atoms with Crippen LogP contribution >= 0.6 is 0 Å². The molecule has 8 heteroatoms. The molecule has 0 bridgehead atoms. The van der Waals surface area contributed by atoms with Gasteiger partial charge in [-0.1, -0.05) is 18.2 Å². The van der Waals surface area contributed by atoms with Crippen molar-refractivity contribution >= 4 is 23.2 Å². The second-order valence-corrected chi connectivity index (χ2v) is 7.72. The van der Waals surface area contributed by atoms with Gasteiger partial charge < -0.3 is 29.6 Å². The van der Waals surface area contributed by atoms with Crippen molar-refractivity contribution in [2.75, 3.05) is 31.6 Å². The van der Waals surface area contributed by atoms with Crippen LogP contribution in [0.5, 0.6) is 23.0 Å². The van der Waals surface area contributed by atoms with Gasteiger partial charge in [0.2, 0.25) is 18.4 Å². The van der Waals surface area contributed by atoms with E-state index in [-0.39, 0.29) is 30.9 Å². The summed E-state index contributed by atoms with van der Waals surface area (Å²) < 4.78 is 21.8. The zero-order valence-electron chi connectivity index (χ0n) is 18.1. The first kappa shape index (κ1) is 20.7. The van der Waals surface area contributed by atoms with Crippen LogP contribution in [0.4, 0.5) is 11.4 Å². The summed E-state index contributed by atoms with van der Waals surface area (Å²) in [5.74, 6) is 1.60. The summed E-state index contributed by atoms with van der Waals surface area (Å²) >= 11 is 0. The zero-order chi connectivity index (χ0) is 22.9. The Balaban J connectivity index is 1.46. The van der Waals surface area contributed by atoms with Crippen LogP contribution in [0.2, 0.25) is 0 Å². The van der Waals surface area contributed by atoms with Gasteiger partial charge in [0.15, 0.2) is 11.5 Å². The molecule has 0 radical (unpaired) electrons. The molecule has 2 heterocycles. The van der Waals surface area contributed by atoms with E-state index in [1.54, 1.807) is 37.4 Å². The van der Waals surface area contributed by atoms with Gasteiger partial charge in [0, 0.05) is 23.7 Å². The molecule has 2 amide bonds. The molecule has 2 aliphatic heterocycles. The van der Waals surface area contributed by atoms with E-state index in [2.05, 4.69) is 10.6 Å². The summed E-state index contributed by atoms with van der Waals surface area (Å²) in [6, 6.07) is 16.2. The maximum absolute atomic E-state index is 12.8. The number of benzene rings is 3. The van der Waals surface area contributed by atoms with E-state index < -0.39 is 0 Å². The van der Waals surface area contributed by atoms with E-state index in [1.807, 2.05) is 24.3 Å². The Morgan fingerprint density at radius 3 is 2.67 bits per heavy atom. The molecule has 8 nitrogen and oxygen atoms in total. The fourth-order valence-corrected chi connectivity index (χ4v) is 4.22. The Morgan fingerprint density at radius 2 is 1.85 bits per heavy atom. The number of carbonyl (C=O) groups excluding carboxylic acids is 2. The second kappa shape index (κ2) is 8.38. The third kappa shape index (κ3) is 3.80. The van der Waals surface area contributed by atoms with Crippen LogP contribution < -0.4 is 29.6 Å². The molecule has 0 fully saturated rings. The van der Waals surface area contributed by atoms with Gasteiger partial charge in [-0.2, -0.15) is 0 Å². The number of para-hydroxylation sites is 1. The number of amides is 2. The molecule has 0 aromatic heterocycles. The molecule has 1 unspecified atom stereocenters. The van der Waals surface area contributed by atoms with Crippen molar-refractivity contribution in [1.29, 1.82) is 0 Å². The number of carbonyl (C=O) groups is 2. The highest BCUT2D eigenvalue weighted by molar-refractivity contribution is 6.06. The Bertz CT molecular complexity index is 1260. The van der Waals surface area contributed by atoms with Crippen molar-refractivity contribution in [1.82, 2.24) is 0 Å². The molecule has 168 valence electrons. The summed E-state index contributed by atoms with van der Waals surface area (Å²) in [4.78, 5) is 25.3. The summed E-state index contributed by atoms with van der Waals surface area (Å²) in [6.07, 6.45) is 0.280. The number of hydrogen-bond donors (Lipinski definition) is 2. The number of anilines is 2. The molecule has 5 rings (SSSR count). The molecule has 0 aliphatic carbocycles. The molecule has 3 aromatic rings. The third-order valence-corrected chi connectivity index (χ3v) is 5.78. The van der Waals surface area contributed by atoms with E-state index >= 15 is 0 Å². The lowest BCUT2D eigenvalue weighted by Crippen LogP contribution is -2.24. The summed E-state index contributed by atoms with van der Waals surface area (Å²) in [5.41, 5.74) is 3.45. The molecular weight excluding hydrogens is 424 g/mol. The maximum atomic E-state index is 12.8. The molecule has 3 aromatic carbocycles. The van der Waals surface area contributed by atoms with E-state index in [1.165, 1.54) is 7.11 Å². The van der Waals surface area contributed by atoms with E-state index in [4.69, 9.17) is 18.9 Å². The third-order valence-electron chi connectivity index (χ3n) is 5.78. The molecule has 0 saturated heterocycles. The van der Waals surface area contributed by atoms with Crippen LogP contribution in [0, 0.1) is 0 Å². The Hall–Kier alpha value is -4.20. The van der Waals surface area contributed by atoms with E-state index in [9.17, 15) is 9.59 Å². The quantitative estimate of drug-likeness (QED) is 0.611. The SMILES string of the molecule is COc1ccccc1C(=O)Nc1ccc2c(c1)NC(=O)CC2c1cc(OC)c2c(c1)OCO2. The number of nitrogens with one attached hydrogen (secondary N) is 2. The van der Waals surface area contributed by atoms with Gasteiger partial charge in [-0.05, 0) is 47.5 Å². The van der Waals surface area contributed by atoms with Gasteiger partial charge in [0.25, 0.3) is 5.91 Å². The van der Waals surface area contributed by atoms with Crippen LogP contribution in [0.1, 0.15) is 33.8 Å². The maximum Gasteiger partial charge on any atom is 0.259 e. The molecule has 2 aliphatic rings. The lowest BCUT2D eigenvalue weighted by atomic mass is 9.84. The number of ether oxygens (including phenoxy) is 4. The minimum absolute atomic E-state index is 0.114. The lowest BCUT2D eigenvalue weighted by Gasteiger charge is -2.27. The van der Waals surface area contributed by atoms with Crippen molar-refractivity contribution in [3.63, 3.8) is 0 Å². The van der Waals surface area contributed by atoms with Crippen LogP contribution in [0.15, 0.2) is 54.6 Å². The standard InChI is InChI=1S/C25H22N2O6/c1-30-20-6-4-3-5-17(20)25(29)26-15-7-8-16-18(12-23(28)27-19(16)11-15)14-9-21(31-2)24-22(10-14)32-13-33-24/h3-11,18H,12-13H2,1-2H3,(H,26,29)(H,27,28). The van der Waals surface area contributed by atoms with Gasteiger partial charge in [0.1, 0.15) is 5.75 Å². The van der Waals surface area contributed by atoms with Crippen molar-refractivity contribution in [3.05, 3.63) is 71.3 Å². The minimum Gasteiger partial charge on any atom is -0.496 e. The molecular formula is C25H22N2O6. The normalized spacial score (nSPS) is 15.9. The predicted molar refractivity (Wildman–Crippen MR) is 122 cm³/mol. The Morgan fingerprint density at radius 1 is 1.03 bits per heavy atom. The van der Waals surface area contributed by atoms with Crippen LogP contribution in [0.25, 0.3) is 0 Å². The average molecular weight is 446 g/mol. The zero-order valence-corrected chi connectivity index (χ0v) is 18.1. The highest BCUT2D eigenvalue weighted by Crippen LogP contribution is 2.46. The van der Waals surface area contributed by atoms with Crippen molar-refractivity contribution in [2.45, 2.75) is 12.3 Å². The van der Waals surface area contributed by atoms with Gasteiger partial charge in [-0.25, -0.2) is 0 Å². The summed E-state index contributed by atoms with van der Waals surface area (Å²) in [5, 5.41) is 5.79. The first-order valence-corrected chi connectivity index (χ1v) is 10.4. The van der Waals surface area contributed by atoms with Gasteiger partial charge in [0.05, 0.1) is 19.8 Å². The number of hydrogen-bond acceptors (Lipinski definition) is 6. The predicted octanol–water partition coefficient (Wildman–Crippen LogP) is 4.16. The molecule has 1 atom stereocenters.